The number of benzene rings is 1. The SMILES string of the molecule is CNC(CCC1(C)CC1)CNc1cc(F)c(S(=O)(=O)Nc2ncc(F)s2)cc1Cl. The molecule has 1 aromatic carbocycles. The van der Waals surface area contributed by atoms with Crippen LogP contribution in [-0.4, -0.2) is 33.0 Å². The van der Waals surface area contributed by atoms with Crippen molar-refractivity contribution in [1.82, 2.24) is 10.3 Å². The summed E-state index contributed by atoms with van der Waals surface area (Å²) in [5.74, 6) is -0.965. The number of rotatable bonds is 10. The van der Waals surface area contributed by atoms with E-state index in [0.29, 0.717) is 29.0 Å². The summed E-state index contributed by atoms with van der Waals surface area (Å²) in [7, 11) is -2.42. The number of aromatic nitrogens is 1. The molecule has 1 aromatic heterocycles. The zero-order chi connectivity index (χ0) is 21.2. The molecule has 0 bridgehead atoms. The molecule has 1 unspecified atom stereocenters. The average Bonchev–Trinajstić information content (AvgIpc) is 3.26. The van der Waals surface area contributed by atoms with Crippen LogP contribution in [0.15, 0.2) is 23.2 Å². The van der Waals surface area contributed by atoms with Crippen LogP contribution in [0.3, 0.4) is 0 Å². The summed E-state index contributed by atoms with van der Waals surface area (Å²) in [5.41, 5.74) is 0.753. The van der Waals surface area contributed by atoms with Gasteiger partial charge in [0.25, 0.3) is 10.0 Å². The van der Waals surface area contributed by atoms with Crippen molar-refractivity contribution in [2.24, 2.45) is 5.41 Å². The lowest BCUT2D eigenvalue weighted by molar-refractivity contribution is 0.431. The molecule has 0 amide bonds. The van der Waals surface area contributed by atoms with Crippen molar-refractivity contribution in [3.05, 3.63) is 34.3 Å². The van der Waals surface area contributed by atoms with Crippen molar-refractivity contribution in [2.75, 3.05) is 23.6 Å². The fraction of sp³-hybridized carbons (Fsp3) is 0.500. The molecule has 1 saturated carbocycles. The molecule has 6 nitrogen and oxygen atoms in total. The second kappa shape index (κ2) is 8.71. The first kappa shape index (κ1) is 22.2. The number of nitrogens with one attached hydrogen (secondary N) is 3. The van der Waals surface area contributed by atoms with E-state index in [1.54, 1.807) is 0 Å². The van der Waals surface area contributed by atoms with Gasteiger partial charge in [-0.25, -0.2) is 17.8 Å². The van der Waals surface area contributed by atoms with Crippen molar-refractivity contribution in [3.8, 4) is 0 Å². The number of anilines is 2. The maximum absolute atomic E-state index is 14.5. The Hall–Kier alpha value is -1.49. The highest BCUT2D eigenvalue weighted by atomic mass is 35.5. The van der Waals surface area contributed by atoms with Gasteiger partial charge < -0.3 is 10.6 Å². The van der Waals surface area contributed by atoms with Gasteiger partial charge in [-0.15, -0.1) is 0 Å². The Morgan fingerprint density at radius 2 is 2.07 bits per heavy atom. The van der Waals surface area contributed by atoms with Gasteiger partial charge in [-0.1, -0.05) is 29.9 Å². The molecule has 1 atom stereocenters. The van der Waals surface area contributed by atoms with Gasteiger partial charge in [-0.2, -0.15) is 4.39 Å². The van der Waals surface area contributed by atoms with Crippen LogP contribution < -0.4 is 15.4 Å². The summed E-state index contributed by atoms with van der Waals surface area (Å²) >= 11 is 6.69. The van der Waals surface area contributed by atoms with Crippen molar-refractivity contribution in [3.63, 3.8) is 0 Å². The van der Waals surface area contributed by atoms with Crippen LogP contribution >= 0.6 is 22.9 Å². The zero-order valence-electron chi connectivity index (χ0n) is 16.1. The molecular weight excluding hydrogens is 442 g/mol. The summed E-state index contributed by atoms with van der Waals surface area (Å²) in [6, 6.07) is 2.26. The highest BCUT2D eigenvalue weighted by Crippen LogP contribution is 2.49. The van der Waals surface area contributed by atoms with Gasteiger partial charge in [0.2, 0.25) is 0 Å². The quantitative estimate of drug-likeness (QED) is 0.483. The molecule has 1 aliphatic rings. The van der Waals surface area contributed by atoms with Crippen molar-refractivity contribution in [1.29, 1.82) is 0 Å². The molecule has 0 aliphatic heterocycles. The molecule has 3 N–H and O–H groups in total. The van der Waals surface area contributed by atoms with Gasteiger partial charge in [-0.3, -0.25) is 4.72 Å². The Balaban J connectivity index is 1.68. The third kappa shape index (κ3) is 5.78. The molecule has 11 heteroatoms. The van der Waals surface area contributed by atoms with Crippen LogP contribution in [0.4, 0.5) is 19.6 Å². The summed E-state index contributed by atoms with van der Waals surface area (Å²) in [6.45, 7) is 2.79. The Kier molecular flexibility index (Phi) is 6.67. The second-order valence-electron chi connectivity index (χ2n) is 7.55. The zero-order valence-corrected chi connectivity index (χ0v) is 18.4. The fourth-order valence-corrected chi connectivity index (χ4v) is 5.08. The Bertz CT molecular complexity index is 980. The fourth-order valence-electron chi connectivity index (χ4n) is 2.91. The molecule has 3 rings (SSSR count). The standard InChI is InChI=1S/C18H23ClF2N4O2S2/c1-18(5-6-18)4-3-11(22-2)9-23-14-8-13(20)15(7-12(14)19)29(26,27)25-17-24-10-16(21)28-17/h7-8,10-11,22-23H,3-6,9H2,1-2H3,(H,24,25). The lowest BCUT2D eigenvalue weighted by atomic mass is 9.99. The van der Waals surface area contributed by atoms with E-state index in [-0.39, 0.29) is 16.2 Å². The minimum absolute atomic E-state index is 0.0705. The monoisotopic (exact) mass is 464 g/mol. The van der Waals surface area contributed by atoms with Crippen LogP contribution in [0.1, 0.15) is 32.6 Å². The van der Waals surface area contributed by atoms with E-state index in [1.165, 1.54) is 12.8 Å². The summed E-state index contributed by atoms with van der Waals surface area (Å²) in [6.07, 6.45) is 5.47. The molecule has 1 heterocycles. The molecule has 0 spiro atoms. The largest absolute Gasteiger partial charge is 0.382 e. The first-order valence-corrected chi connectivity index (χ1v) is 11.8. The second-order valence-corrected chi connectivity index (χ2v) is 10.6. The minimum atomic E-state index is -4.29. The molecule has 0 saturated heterocycles. The third-order valence-electron chi connectivity index (χ3n) is 5.16. The minimum Gasteiger partial charge on any atom is -0.382 e. The molecule has 1 aliphatic carbocycles. The van der Waals surface area contributed by atoms with E-state index in [4.69, 9.17) is 11.6 Å². The van der Waals surface area contributed by atoms with E-state index in [2.05, 4.69) is 22.5 Å². The van der Waals surface area contributed by atoms with Gasteiger partial charge in [-0.05, 0) is 50.3 Å². The lowest BCUT2D eigenvalue weighted by Crippen LogP contribution is -2.33. The predicted octanol–water partition coefficient (Wildman–Crippen LogP) is 4.46. The molecule has 2 aromatic rings. The topological polar surface area (TPSA) is 83.1 Å². The Labute approximate surface area is 178 Å². The number of sulfonamides is 1. The van der Waals surface area contributed by atoms with Crippen LogP contribution in [0.25, 0.3) is 0 Å². The van der Waals surface area contributed by atoms with Crippen LogP contribution in [0.5, 0.6) is 0 Å². The van der Waals surface area contributed by atoms with E-state index in [1.807, 2.05) is 11.8 Å². The van der Waals surface area contributed by atoms with Gasteiger partial charge in [0.15, 0.2) is 10.3 Å². The van der Waals surface area contributed by atoms with E-state index in [9.17, 15) is 17.2 Å². The van der Waals surface area contributed by atoms with Crippen molar-refractivity contribution >= 4 is 43.8 Å². The van der Waals surface area contributed by atoms with Crippen LogP contribution in [0.2, 0.25) is 5.02 Å². The molecule has 0 radical (unpaired) electrons. The number of hydrogen-bond acceptors (Lipinski definition) is 6. The molecule has 1 fully saturated rings. The number of halogens is 3. The van der Waals surface area contributed by atoms with Crippen molar-refractivity contribution in [2.45, 2.75) is 43.5 Å². The Morgan fingerprint density at radius 1 is 1.34 bits per heavy atom. The molecule has 29 heavy (non-hydrogen) atoms. The van der Waals surface area contributed by atoms with Gasteiger partial charge in [0.05, 0.1) is 16.9 Å². The van der Waals surface area contributed by atoms with Gasteiger partial charge in [0.1, 0.15) is 10.7 Å². The molecule has 160 valence electrons. The Morgan fingerprint density at radius 3 is 2.66 bits per heavy atom. The maximum Gasteiger partial charge on any atom is 0.266 e. The number of likely N-dealkylation sites (N-methyl/N-ethyl adjacent to an activating group) is 1. The summed E-state index contributed by atoms with van der Waals surface area (Å²) < 4.78 is 54.4. The number of hydrogen-bond donors (Lipinski definition) is 3. The van der Waals surface area contributed by atoms with E-state index in [0.717, 1.165) is 31.2 Å². The van der Waals surface area contributed by atoms with E-state index < -0.39 is 25.9 Å². The third-order valence-corrected chi connectivity index (χ3v) is 7.65. The maximum atomic E-state index is 14.5. The first-order valence-electron chi connectivity index (χ1n) is 9.16. The van der Waals surface area contributed by atoms with Crippen LogP contribution in [-0.2, 0) is 10.0 Å². The van der Waals surface area contributed by atoms with Gasteiger partial charge in [0, 0.05) is 12.6 Å². The van der Waals surface area contributed by atoms with Gasteiger partial charge >= 0.3 is 0 Å². The highest BCUT2D eigenvalue weighted by molar-refractivity contribution is 7.93. The summed E-state index contributed by atoms with van der Waals surface area (Å²) in [5, 5.41) is 5.53. The first-order chi connectivity index (χ1) is 13.6. The van der Waals surface area contributed by atoms with E-state index >= 15 is 0 Å². The van der Waals surface area contributed by atoms with Crippen LogP contribution in [0, 0.1) is 16.4 Å². The van der Waals surface area contributed by atoms with Crippen molar-refractivity contribution < 1.29 is 17.2 Å². The lowest BCUT2D eigenvalue weighted by Gasteiger charge is -2.20. The number of nitrogens with zero attached hydrogens (tertiary/aromatic N) is 1. The highest BCUT2D eigenvalue weighted by Gasteiger charge is 2.36. The normalized spacial score (nSPS) is 16.4. The smallest absolute Gasteiger partial charge is 0.266 e. The summed E-state index contributed by atoms with van der Waals surface area (Å²) in [4.78, 5) is 2.94. The predicted molar refractivity (Wildman–Crippen MR) is 112 cm³/mol. The average molecular weight is 465 g/mol. The number of thiazole rings is 1. The molecular formula is C18H23ClF2N4O2S2.